The highest BCUT2D eigenvalue weighted by Crippen LogP contribution is 2.29. The second-order valence-electron chi connectivity index (χ2n) is 13.0. The maximum Gasteiger partial charge on any atom is 0.408 e. The Bertz CT molecular complexity index is 1300. The first kappa shape index (κ1) is 37.3. The van der Waals surface area contributed by atoms with Crippen molar-refractivity contribution in [2.75, 3.05) is 11.9 Å². The zero-order valence-corrected chi connectivity index (χ0v) is 28.5. The van der Waals surface area contributed by atoms with Crippen molar-refractivity contribution in [3.63, 3.8) is 0 Å². The molecule has 0 saturated carbocycles. The lowest BCUT2D eigenvalue weighted by Crippen LogP contribution is -2.53. The van der Waals surface area contributed by atoms with Crippen LogP contribution in [0.3, 0.4) is 0 Å². The normalized spacial score (nSPS) is 12.6. The molecule has 0 radical (unpaired) electrons. The minimum absolute atomic E-state index is 0.0292. The molecule has 9 nitrogen and oxygen atoms in total. The van der Waals surface area contributed by atoms with Crippen LogP contribution >= 0.6 is 0 Å². The molecule has 2 rings (SSSR count). The van der Waals surface area contributed by atoms with Crippen molar-refractivity contribution < 1.29 is 23.9 Å². The van der Waals surface area contributed by atoms with Gasteiger partial charge in [0, 0.05) is 18.7 Å². The molecule has 0 bridgehead atoms. The molecule has 0 aliphatic carbocycles. The van der Waals surface area contributed by atoms with Gasteiger partial charge in [0.05, 0.1) is 0 Å². The lowest BCUT2D eigenvalue weighted by molar-refractivity contribution is -0.141. The second kappa shape index (κ2) is 17.6. The van der Waals surface area contributed by atoms with E-state index in [-0.39, 0.29) is 25.3 Å². The standard InChI is InChI=1S/C36H54N4O5/c1-9-10-11-12-13-14-22-40(34(43)29(20-21-30(37)41)38-35(44)45-36(6,7)8)32(28-19-18-24(2)27(5)23-28)33(42)39-31-25(3)16-15-17-26(31)4/h15-19,23,29,32H,9-14,20-22H2,1-8H3,(H2,37,41)(H,38,44)(H,39,42). The van der Waals surface area contributed by atoms with E-state index in [4.69, 9.17) is 10.5 Å². The van der Waals surface area contributed by atoms with Crippen LogP contribution in [0.5, 0.6) is 0 Å². The second-order valence-corrected chi connectivity index (χ2v) is 13.0. The highest BCUT2D eigenvalue weighted by molar-refractivity contribution is 6.00. The summed E-state index contributed by atoms with van der Waals surface area (Å²) in [7, 11) is 0. The molecule has 248 valence electrons. The fraction of sp³-hybridized carbons (Fsp3) is 0.556. The zero-order valence-electron chi connectivity index (χ0n) is 28.5. The number of nitrogens with zero attached hydrogens (tertiary/aromatic N) is 1. The number of unbranched alkanes of at least 4 members (excludes halogenated alkanes) is 5. The number of ether oxygens (including phenoxy) is 1. The van der Waals surface area contributed by atoms with Gasteiger partial charge < -0.3 is 26.0 Å². The molecule has 0 spiro atoms. The van der Waals surface area contributed by atoms with Crippen molar-refractivity contribution in [3.05, 3.63) is 64.2 Å². The van der Waals surface area contributed by atoms with Crippen LogP contribution < -0.4 is 16.4 Å². The van der Waals surface area contributed by atoms with E-state index in [1.807, 2.05) is 64.1 Å². The molecule has 0 aliphatic rings. The number of nitrogens with two attached hydrogens (primary N) is 1. The van der Waals surface area contributed by atoms with Crippen LogP contribution in [0.25, 0.3) is 0 Å². The van der Waals surface area contributed by atoms with Crippen molar-refractivity contribution >= 4 is 29.5 Å². The van der Waals surface area contributed by atoms with Crippen LogP contribution in [0.4, 0.5) is 10.5 Å². The van der Waals surface area contributed by atoms with Gasteiger partial charge >= 0.3 is 6.09 Å². The van der Waals surface area contributed by atoms with E-state index in [9.17, 15) is 19.2 Å². The Kier molecular flexibility index (Phi) is 14.6. The Morgan fingerprint density at radius 2 is 1.49 bits per heavy atom. The first-order chi connectivity index (χ1) is 21.1. The summed E-state index contributed by atoms with van der Waals surface area (Å²) in [6.45, 7) is 15.4. The molecular weight excluding hydrogens is 568 g/mol. The molecule has 0 saturated heterocycles. The maximum atomic E-state index is 14.5. The number of hydrogen-bond acceptors (Lipinski definition) is 5. The largest absolute Gasteiger partial charge is 0.444 e. The Morgan fingerprint density at radius 1 is 0.867 bits per heavy atom. The first-order valence-electron chi connectivity index (χ1n) is 16.2. The van der Waals surface area contributed by atoms with Gasteiger partial charge in [0.15, 0.2) is 0 Å². The van der Waals surface area contributed by atoms with Crippen LogP contribution in [0.1, 0.15) is 113 Å². The van der Waals surface area contributed by atoms with Crippen molar-refractivity contribution in [1.82, 2.24) is 10.2 Å². The lowest BCUT2D eigenvalue weighted by atomic mass is 9.97. The van der Waals surface area contributed by atoms with Gasteiger partial charge in [-0.2, -0.15) is 0 Å². The third kappa shape index (κ3) is 12.2. The topological polar surface area (TPSA) is 131 Å². The number of aryl methyl sites for hydroxylation is 4. The molecule has 45 heavy (non-hydrogen) atoms. The van der Waals surface area contributed by atoms with Gasteiger partial charge in [-0.3, -0.25) is 14.4 Å². The number of amides is 4. The minimum atomic E-state index is -1.13. The van der Waals surface area contributed by atoms with Gasteiger partial charge in [0.25, 0.3) is 5.91 Å². The van der Waals surface area contributed by atoms with E-state index >= 15 is 0 Å². The number of carbonyl (C=O) groups is 4. The van der Waals surface area contributed by atoms with Crippen LogP contribution in [0.15, 0.2) is 36.4 Å². The number of nitrogens with one attached hydrogen (secondary N) is 2. The van der Waals surface area contributed by atoms with E-state index < -0.39 is 35.6 Å². The minimum Gasteiger partial charge on any atom is -0.444 e. The number of alkyl carbamates (subject to hydrolysis) is 1. The fourth-order valence-electron chi connectivity index (χ4n) is 5.23. The number of primary amides is 1. The Balaban J connectivity index is 2.61. The number of para-hydroxylation sites is 1. The molecule has 0 heterocycles. The summed E-state index contributed by atoms with van der Waals surface area (Å²) >= 11 is 0. The van der Waals surface area contributed by atoms with Crippen LogP contribution in [-0.4, -0.2) is 46.9 Å². The Hall–Kier alpha value is -3.88. The van der Waals surface area contributed by atoms with Gasteiger partial charge in [0.2, 0.25) is 11.8 Å². The van der Waals surface area contributed by atoms with Gasteiger partial charge in [0.1, 0.15) is 17.7 Å². The summed E-state index contributed by atoms with van der Waals surface area (Å²) in [6, 6.07) is 9.42. The monoisotopic (exact) mass is 622 g/mol. The predicted molar refractivity (Wildman–Crippen MR) is 180 cm³/mol. The molecule has 0 aromatic heterocycles. The average Bonchev–Trinajstić information content (AvgIpc) is 2.94. The maximum absolute atomic E-state index is 14.5. The number of anilines is 1. The quantitative estimate of drug-likeness (QED) is 0.174. The van der Waals surface area contributed by atoms with E-state index in [0.29, 0.717) is 17.7 Å². The summed E-state index contributed by atoms with van der Waals surface area (Å²) in [5.41, 5.74) is 9.87. The molecule has 4 N–H and O–H groups in total. The van der Waals surface area contributed by atoms with Crippen molar-refractivity contribution in [1.29, 1.82) is 0 Å². The smallest absolute Gasteiger partial charge is 0.408 e. The Morgan fingerprint density at radius 3 is 2.07 bits per heavy atom. The van der Waals surface area contributed by atoms with E-state index in [0.717, 1.165) is 54.4 Å². The summed E-state index contributed by atoms with van der Waals surface area (Å²) in [4.78, 5) is 55.1. The number of rotatable bonds is 16. The van der Waals surface area contributed by atoms with Gasteiger partial charge in [-0.1, -0.05) is 75.4 Å². The summed E-state index contributed by atoms with van der Waals surface area (Å²) in [6.07, 6.45) is 4.98. The van der Waals surface area contributed by atoms with Crippen molar-refractivity contribution in [2.45, 2.75) is 124 Å². The fourth-order valence-corrected chi connectivity index (χ4v) is 5.23. The number of carbonyl (C=O) groups excluding carboxylic acids is 4. The van der Waals surface area contributed by atoms with E-state index in [1.54, 1.807) is 25.7 Å². The average molecular weight is 623 g/mol. The first-order valence-corrected chi connectivity index (χ1v) is 16.2. The Labute approximate surface area is 269 Å². The predicted octanol–water partition coefficient (Wildman–Crippen LogP) is 6.95. The lowest BCUT2D eigenvalue weighted by Gasteiger charge is -2.35. The van der Waals surface area contributed by atoms with Crippen molar-refractivity contribution in [2.24, 2.45) is 5.73 Å². The molecule has 0 aliphatic heterocycles. The van der Waals surface area contributed by atoms with Crippen LogP contribution in [0, 0.1) is 27.7 Å². The van der Waals surface area contributed by atoms with E-state index in [2.05, 4.69) is 17.6 Å². The third-order valence-corrected chi connectivity index (χ3v) is 7.84. The third-order valence-electron chi connectivity index (χ3n) is 7.84. The molecule has 2 atom stereocenters. The molecule has 2 aromatic rings. The molecule has 9 heteroatoms. The molecule has 0 fully saturated rings. The zero-order chi connectivity index (χ0) is 33.7. The molecular formula is C36H54N4O5. The number of benzene rings is 2. The number of hydrogen-bond donors (Lipinski definition) is 3. The summed E-state index contributed by atoms with van der Waals surface area (Å²) in [5, 5.41) is 5.78. The summed E-state index contributed by atoms with van der Waals surface area (Å²) in [5.74, 6) is -1.43. The summed E-state index contributed by atoms with van der Waals surface area (Å²) < 4.78 is 5.45. The van der Waals surface area contributed by atoms with E-state index in [1.165, 1.54) is 0 Å². The van der Waals surface area contributed by atoms with Crippen LogP contribution in [-0.2, 0) is 19.1 Å². The SMILES string of the molecule is CCCCCCCCN(C(=O)C(CCC(N)=O)NC(=O)OC(C)(C)C)C(C(=O)Nc1c(C)cccc1C)c1ccc(C)c(C)c1. The van der Waals surface area contributed by atoms with Gasteiger partial charge in [-0.25, -0.2) is 4.79 Å². The van der Waals surface area contributed by atoms with Gasteiger partial charge in [-0.15, -0.1) is 0 Å². The van der Waals surface area contributed by atoms with Gasteiger partial charge in [-0.05, 0) is 89.1 Å². The highest BCUT2D eigenvalue weighted by Gasteiger charge is 2.36. The molecule has 2 aromatic carbocycles. The molecule has 2 unspecified atom stereocenters. The van der Waals surface area contributed by atoms with Crippen LogP contribution in [0.2, 0.25) is 0 Å². The molecule has 4 amide bonds. The highest BCUT2D eigenvalue weighted by atomic mass is 16.6. The van der Waals surface area contributed by atoms with Crippen molar-refractivity contribution in [3.8, 4) is 0 Å².